The summed E-state index contributed by atoms with van der Waals surface area (Å²) in [6, 6.07) is 4.42. The van der Waals surface area contributed by atoms with Crippen LogP contribution in [0.5, 0.6) is 0 Å². The summed E-state index contributed by atoms with van der Waals surface area (Å²) in [6.07, 6.45) is -0.738. The Kier molecular flexibility index (Phi) is 4.39. The molecule has 1 aliphatic heterocycles. The van der Waals surface area contributed by atoms with Gasteiger partial charge in [0.2, 0.25) is 15.9 Å². The van der Waals surface area contributed by atoms with Crippen molar-refractivity contribution in [2.75, 3.05) is 25.6 Å². The highest BCUT2D eigenvalue weighted by atomic mass is 32.2. The maximum absolute atomic E-state index is 12.1. The van der Waals surface area contributed by atoms with Crippen LogP contribution >= 0.6 is 0 Å². The second-order valence-electron chi connectivity index (χ2n) is 4.50. The average Bonchev–Trinajstić information content (AvgIpc) is 2.76. The molecule has 2 rings (SSSR count). The largest absolute Gasteiger partial charge is 0.389 e. The van der Waals surface area contributed by atoms with Crippen LogP contribution in [0, 0.1) is 0 Å². The number of rotatable bonds is 6. The van der Waals surface area contributed by atoms with Gasteiger partial charge in [-0.15, -0.1) is 0 Å². The Labute approximate surface area is 117 Å². The van der Waals surface area contributed by atoms with Crippen molar-refractivity contribution in [1.29, 1.82) is 0 Å². The minimum absolute atomic E-state index is 0.0468. The molecule has 0 bridgehead atoms. The number of aliphatic hydroxyl groups excluding tert-OH is 1. The van der Waals surface area contributed by atoms with E-state index in [4.69, 9.17) is 4.74 Å². The highest BCUT2D eigenvalue weighted by Gasteiger charge is 2.22. The maximum atomic E-state index is 12.1. The lowest BCUT2D eigenvalue weighted by molar-refractivity contribution is -0.115. The Hall–Kier alpha value is -1.48. The summed E-state index contributed by atoms with van der Waals surface area (Å²) in [4.78, 5) is 11.3. The minimum atomic E-state index is -3.72. The number of benzene rings is 1. The van der Waals surface area contributed by atoms with E-state index in [1.54, 1.807) is 6.07 Å². The number of hydrogen-bond acceptors (Lipinski definition) is 5. The van der Waals surface area contributed by atoms with Crippen molar-refractivity contribution in [3.63, 3.8) is 0 Å². The van der Waals surface area contributed by atoms with Gasteiger partial charge in [-0.2, -0.15) is 0 Å². The van der Waals surface area contributed by atoms with E-state index in [-0.39, 0.29) is 30.4 Å². The number of amides is 1. The average molecular weight is 300 g/mol. The van der Waals surface area contributed by atoms with Crippen molar-refractivity contribution in [2.45, 2.75) is 17.4 Å². The third-order valence-corrected chi connectivity index (χ3v) is 4.30. The molecule has 0 aromatic heterocycles. The van der Waals surface area contributed by atoms with Gasteiger partial charge in [0, 0.05) is 19.3 Å². The number of sulfonamides is 1. The lowest BCUT2D eigenvalue weighted by atomic mass is 10.2. The Bertz CT molecular complexity index is 614. The molecule has 1 aliphatic rings. The molecule has 1 heterocycles. The van der Waals surface area contributed by atoms with Gasteiger partial charge in [0.1, 0.15) is 0 Å². The normalized spacial score (nSPS) is 15.8. The van der Waals surface area contributed by atoms with Gasteiger partial charge in [-0.05, 0) is 23.8 Å². The zero-order valence-corrected chi connectivity index (χ0v) is 11.7. The van der Waals surface area contributed by atoms with Gasteiger partial charge in [-0.1, -0.05) is 0 Å². The lowest BCUT2D eigenvalue weighted by Gasteiger charge is -2.12. The predicted octanol–water partition coefficient (Wildman–Crippen LogP) is -0.533. The number of nitrogens with one attached hydrogen (secondary N) is 2. The molecule has 1 atom stereocenters. The first-order chi connectivity index (χ1) is 9.42. The highest BCUT2D eigenvalue weighted by Crippen LogP contribution is 2.25. The molecule has 7 nitrogen and oxygen atoms in total. The topological polar surface area (TPSA) is 105 Å². The van der Waals surface area contributed by atoms with Crippen molar-refractivity contribution in [3.8, 4) is 0 Å². The van der Waals surface area contributed by atoms with Crippen LogP contribution in [0.15, 0.2) is 23.1 Å². The summed E-state index contributed by atoms with van der Waals surface area (Å²) in [6.45, 7) is -0.0877. The fourth-order valence-corrected chi connectivity index (χ4v) is 3.04. The predicted molar refractivity (Wildman–Crippen MR) is 71.8 cm³/mol. The zero-order valence-electron chi connectivity index (χ0n) is 10.9. The third-order valence-electron chi connectivity index (χ3n) is 2.88. The van der Waals surface area contributed by atoms with Crippen LogP contribution in [0.25, 0.3) is 0 Å². The maximum Gasteiger partial charge on any atom is 0.240 e. The number of aliphatic hydroxyl groups is 1. The molecule has 0 fully saturated rings. The van der Waals surface area contributed by atoms with Crippen LogP contribution in [0.3, 0.4) is 0 Å². The molecule has 0 saturated carbocycles. The van der Waals surface area contributed by atoms with Crippen molar-refractivity contribution >= 4 is 21.6 Å². The Morgan fingerprint density at radius 3 is 2.95 bits per heavy atom. The van der Waals surface area contributed by atoms with Crippen molar-refractivity contribution < 1.29 is 23.1 Å². The molecule has 20 heavy (non-hydrogen) atoms. The van der Waals surface area contributed by atoms with Gasteiger partial charge < -0.3 is 15.2 Å². The van der Waals surface area contributed by atoms with E-state index in [9.17, 15) is 18.3 Å². The second-order valence-corrected chi connectivity index (χ2v) is 6.27. The summed E-state index contributed by atoms with van der Waals surface area (Å²) in [5.41, 5.74) is 1.28. The smallest absolute Gasteiger partial charge is 0.240 e. The quantitative estimate of drug-likeness (QED) is 0.655. The Balaban J connectivity index is 2.11. The number of carbonyl (C=O) groups is 1. The van der Waals surface area contributed by atoms with Crippen molar-refractivity contribution in [2.24, 2.45) is 0 Å². The van der Waals surface area contributed by atoms with Gasteiger partial charge in [-0.3, -0.25) is 4.79 Å². The van der Waals surface area contributed by atoms with Gasteiger partial charge in [-0.25, -0.2) is 13.1 Å². The molecular formula is C12H16N2O5S. The van der Waals surface area contributed by atoms with E-state index in [0.717, 1.165) is 0 Å². The standard InChI is InChI=1S/C12H16N2O5S/c1-19-7-9(15)6-13-20(17,18)10-2-3-11-8(4-10)5-12(16)14-11/h2-4,9,13,15H,5-7H2,1H3,(H,14,16). The molecule has 1 amide bonds. The van der Waals surface area contributed by atoms with E-state index in [1.807, 2.05) is 0 Å². The minimum Gasteiger partial charge on any atom is -0.389 e. The van der Waals surface area contributed by atoms with Gasteiger partial charge >= 0.3 is 0 Å². The fourth-order valence-electron chi connectivity index (χ4n) is 1.91. The summed E-state index contributed by atoms with van der Waals surface area (Å²) < 4.78 is 31.1. The van der Waals surface area contributed by atoms with E-state index in [0.29, 0.717) is 11.3 Å². The second kappa shape index (κ2) is 5.88. The molecule has 110 valence electrons. The van der Waals surface area contributed by atoms with Crippen molar-refractivity contribution in [3.05, 3.63) is 23.8 Å². The fraction of sp³-hybridized carbons (Fsp3) is 0.417. The first-order valence-corrected chi connectivity index (χ1v) is 7.50. The first kappa shape index (κ1) is 14.9. The lowest BCUT2D eigenvalue weighted by Crippen LogP contribution is -2.34. The van der Waals surface area contributed by atoms with E-state index in [1.165, 1.54) is 19.2 Å². The van der Waals surface area contributed by atoms with Gasteiger partial charge in [0.25, 0.3) is 0 Å². The van der Waals surface area contributed by atoms with Crippen LogP contribution in [0.1, 0.15) is 5.56 Å². The van der Waals surface area contributed by atoms with Gasteiger partial charge in [0.05, 0.1) is 24.0 Å². The molecule has 1 unspecified atom stereocenters. The molecule has 8 heteroatoms. The van der Waals surface area contributed by atoms with E-state index >= 15 is 0 Å². The van der Waals surface area contributed by atoms with Crippen LogP contribution in [0.4, 0.5) is 5.69 Å². The summed E-state index contributed by atoms with van der Waals surface area (Å²) in [5, 5.41) is 12.1. The van der Waals surface area contributed by atoms with Crippen LogP contribution in [-0.2, 0) is 26.0 Å². The Morgan fingerprint density at radius 2 is 2.25 bits per heavy atom. The van der Waals surface area contributed by atoms with Crippen LogP contribution < -0.4 is 10.0 Å². The number of anilines is 1. The summed E-state index contributed by atoms with van der Waals surface area (Å²) >= 11 is 0. The molecule has 0 aliphatic carbocycles. The molecule has 3 N–H and O–H groups in total. The Morgan fingerprint density at radius 1 is 1.50 bits per heavy atom. The van der Waals surface area contributed by atoms with Crippen molar-refractivity contribution in [1.82, 2.24) is 4.72 Å². The highest BCUT2D eigenvalue weighted by molar-refractivity contribution is 7.89. The third kappa shape index (κ3) is 3.34. The number of carbonyl (C=O) groups excluding carboxylic acids is 1. The number of fused-ring (bicyclic) bond motifs is 1. The summed E-state index contributed by atoms with van der Waals surface area (Å²) in [7, 11) is -2.30. The molecule has 1 aromatic rings. The number of hydrogen-bond donors (Lipinski definition) is 3. The van der Waals surface area contributed by atoms with E-state index < -0.39 is 16.1 Å². The van der Waals surface area contributed by atoms with Gasteiger partial charge in [0.15, 0.2) is 0 Å². The summed E-state index contributed by atoms with van der Waals surface area (Å²) in [5.74, 6) is -0.155. The molecule has 0 saturated heterocycles. The number of ether oxygens (including phenoxy) is 1. The monoisotopic (exact) mass is 300 g/mol. The van der Waals surface area contributed by atoms with E-state index in [2.05, 4.69) is 10.0 Å². The SMILES string of the molecule is COCC(O)CNS(=O)(=O)c1ccc2c(c1)CC(=O)N2. The zero-order chi connectivity index (χ0) is 14.8. The van der Waals surface area contributed by atoms with Crippen LogP contribution in [0.2, 0.25) is 0 Å². The first-order valence-electron chi connectivity index (χ1n) is 6.02. The molecular weight excluding hydrogens is 284 g/mol. The molecule has 1 aromatic carbocycles. The van der Waals surface area contributed by atoms with Crippen LogP contribution in [-0.4, -0.2) is 45.8 Å². The molecule has 0 spiro atoms. The number of methoxy groups -OCH3 is 1. The molecule has 0 radical (unpaired) electrons.